The second kappa shape index (κ2) is 3.66. The van der Waals surface area contributed by atoms with Gasteiger partial charge in [0, 0.05) is 17.6 Å². The maximum atomic E-state index is 11.5. The van der Waals surface area contributed by atoms with Gasteiger partial charge in [0.25, 0.3) is 5.56 Å². The number of halogens is 1. The van der Waals surface area contributed by atoms with Crippen LogP contribution in [0.5, 0.6) is 0 Å². The third-order valence-electron chi connectivity index (χ3n) is 2.61. The van der Waals surface area contributed by atoms with E-state index in [-0.39, 0.29) is 5.56 Å². The van der Waals surface area contributed by atoms with Crippen LogP contribution in [0.15, 0.2) is 17.1 Å². The third kappa shape index (κ3) is 1.63. The Morgan fingerprint density at radius 2 is 2.13 bits per heavy atom. The molecule has 2 aromatic rings. The fourth-order valence-corrected chi connectivity index (χ4v) is 1.69. The van der Waals surface area contributed by atoms with Crippen molar-refractivity contribution in [1.29, 1.82) is 0 Å². The number of rotatable bonds is 1. The summed E-state index contributed by atoms with van der Waals surface area (Å²) in [5, 5.41) is 0. The van der Waals surface area contributed by atoms with Gasteiger partial charge in [0.15, 0.2) is 0 Å². The lowest BCUT2D eigenvalue weighted by molar-refractivity contribution is 1.16. The van der Waals surface area contributed by atoms with Gasteiger partial charge in [-0.05, 0) is 31.0 Å². The van der Waals surface area contributed by atoms with Crippen LogP contribution in [0.2, 0.25) is 0 Å². The monoisotopic (exact) mass is 222 g/mol. The molecule has 0 atom stereocenters. The van der Waals surface area contributed by atoms with Crippen LogP contribution in [0.1, 0.15) is 16.7 Å². The summed E-state index contributed by atoms with van der Waals surface area (Å²) in [4.78, 5) is 18.6. The molecule has 0 bridgehead atoms. The number of aromatic amines is 1. The molecule has 0 aliphatic carbocycles. The zero-order valence-corrected chi connectivity index (χ0v) is 9.35. The van der Waals surface area contributed by atoms with E-state index in [0.717, 1.165) is 22.2 Å². The van der Waals surface area contributed by atoms with Gasteiger partial charge in [0.1, 0.15) is 0 Å². The molecule has 0 radical (unpaired) electrons. The Morgan fingerprint density at radius 3 is 2.80 bits per heavy atom. The number of aryl methyl sites for hydroxylation is 1. The normalized spacial score (nSPS) is 10.9. The second-order valence-corrected chi connectivity index (χ2v) is 3.84. The molecule has 2 aromatic heterocycles. The van der Waals surface area contributed by atoms with E-state index >= 15 is 0 Å². The van der Waals surface area contributed by atoms with Crippen molar-refractivity contribution in [2.75, 3.05) is 0 Å². The molecule has 2 heterocycles. The molecule has 2 rings (SSSR count). The van der Waals surface area contributed by atoms with Gasteiger partial charge in [-0.15, -0.1) is 11.6 Å². The molecule has 0 saturated heterocycles. The molecule has 3 nitrogen and oxygen atoms in total. The SMILES string of the molecule is Cc1c(C)c2ncc(CCl)cc2[nH]c1=O. The molecule has 0 aromatic carbocycles. The van der Waals surface area contributed by atoms with Crippen LogP contribution in [0.25, 0.3) is 11.0 Å². The van der Waals surface area contributed by atoms with Gasteiger partial charge in [0.2, 0.25) is 0 Å². The largest absolute Gasteiger partial charge is 0.320 e. The van der Waals surface area contributed by atoms with Crippen LogP contribution in [-0.2, 0) is 5.88 Å². The summed E-state index contributed by atoms with van der Waals surface area (Å²) in [5.41, 5.74) is 4.07. The van der Waals surface area contributed by atoms with Crippen LogP contribution in [-0.4, -0.2) is 9.97 Å². The minimum Gasteiger partial charge on any atom is -0.320 e. The highest BCUT2D eigenvalue weighted by molar-refractivity contribution is 6.17. The van der Waals surface area contributed by atoms with Gasteiger partial charge in [-0.1, -0.05) is 0 Å². The number of nitrogens with zero attached hydrogens (tertiary/aromatic N) is 1. The van der Waals surface area contributed by atoms with Crippen molar-refractivity contribution in [2.45, 2.75) is 19.7 Å². The van der Waals surface area contributed by atoms with Crippen molar-refractivity contribution >= 4 is 22.6 Å². The molecular formula is C11H11ClN2O. The van der Waals surface area contributed by atoms with Crippen molar-refractivity contribution in [3.63, 3.8) is 0 Å². The van der Waals surface area contributed by atoms with Gasteiger partial charge >= 0.3 is 0 Å². The molecule has 4 heteroatoms. The van der Waals surface area contributed by atoms with Crippen molar-refractivity contribution in [2.24, 2.45) is 0 Å². The van der Waals surface area contributed by atoms with Gasteiger partial charge in [-0.3, -0.25) is 9.78 Å². The summed E-state index contributed by atoms with van der Waals surface area (Å²) in [6, 6.07) is 1.86. The highest BCUT2D eigenvalue weighted by atomic mass is 35.5. The number of hydrogen-bond acceptors (Lipinski definition) is 2. The van der Waals surface area contributed by atoms with Crippen molar-refractivity contribution in [1.82, 2.24) is 9.97 Å². The smallest absolute Gasteiger partial charge is 0.251 e. The zero-order chi connectivity index (χ0) is 11.0. The standard InChI is InChI=1S/C11H11ClN2O/c1-6-7(2)11(15)14-9-3-8(4-12)5-13-10(6)9/h3,5H,4H2,1-2H3,(H,14,15). The Hall–Kier alpha value is -1.35. The molecule has 0 aliphatic rings. The average molecular weight is 223 g/mol. The third-order valence-corrected chi connectivity index (χ3v) is 2.91. The number of aromatic nitrogens is 2. The van der Waals surface area contributed by atoms with Crippen LogP contribution in [0.4, 0.5) is 0 Å². The highest BCUT2D eigenvalue weighted by Gasteiger charge is 2.06. The van der Waals surface area contributed by atoms with E-state index < -0.39 is 0 Å². The van der Waals surface area contributed by atoms with Crippen molar-refractivity contribution < 1.29 is 0 Å². The molecule has 0 unspecified atom stereocenters. The number of alkyl halides is 1. The van der Waals surface area contributed by atoms with E-state index in [2.05, 4.69) is 9.97 Å². The zero-order valence-electron chi connectivity index (χ0n) is 8.60. The van der Waals surface area contributed by atoms with Gasteiger partial charge in [0.05, 0.1) is 11.0 Å². The minimum atomic E-state index is -0.0616. The Morgan fingerprint density at radius 1 is 1.40 bits per heavy atom. The Kier molecular flexibility index (Phi) is 2.49. The van der Waals surface area contributed by atoms with E-state index in [1.807, 2.05) is 13.0 Å². The topological polar surface area (TPSA) is 45.8 Å². The lowest BCUT2D eigenvalue weighted by Crippen LogP contribution is -2.12. The van der Waals surface area contributed by atoms with Gasteiger partial charge < -0.3 is 4.98 Å². The quantitative estimate of drug-likeness (QED) is 0.753. The fraction of sp³-hybridized carbons (Fsp3) is 0.273. The second-order valence-electron chi connectivity index (χ2n) is 3.58. The van der Waals surface area contributed by atoms with Crippen LogP contribution in [0, 0.1) is 13.8 Å². The maximum Gasteiger partial charge on any atom is 0.251 e. The van der Waals surface area contributed by atoms with E-state index in [0.29, 0.717) is 11.4 Å². The number of fused-ring (bicyclic) bond motifs is 1. The number of nitrogens with one attached hydrogen (secondary N) is 1. The lowest BCUT2D eigenvalue weighted by Gasteiger charge is -2.05. The first-order chi connectivity index (χ1) is 7.13. The summed E-state index contributed by atoms with van der Waals surface area (Å²) < 4.78 is 0. The molecule has 0 saturated carbocycles. The molecule has 0 amide bonds. The first kappa shape index (κ1) is 10.2. The van der Waals surface area contributed by atoms with Crippen LogP contribution >= 0.6 is 11.6 Å². The molecule has 0 fully saturated rings. The number of H-pyrrole nitrogens is 1. The molecule has 0 aliphatic heterocycles. The Labute approximate surface area is 92.1 Å². The Balaban J connectivity index is 2.86. The first-order valence-electron chi connectivity index (χ1n) is 4.67. The highest BCUT2D eigenvalue weighted by Crippen LogP contribution is 2.16. The maximum absolute atomic E-state index is 11.5. The minimum absolute atomic E-state index is 0.0616. The number of hydrogen-bond donors (Lipinski definition) is 1. The summed E-state index contributed by atoms with van der Waals surface area (Å²) >= 11 is 5.71. The van der Waals surface area contributed by atoms with E-state index in [1.165, 1.54) is 0 Å². The molecule has 0 spiro atoms. The fourth-order valence-electron chi connectivity index (χ4n) is 1.54. The molecular weight excluding hydrogens is 212 g/mol. The summed E-state index contributed by atoms with van der Waals surface area (Å²) in [6.07, 6.45) is 1.74. The van der Waals surface area contributed by atoms with Gasteiger partial charge in [-0.25, -0.2) is 0 Å². The summed E-state index contributed by atoms with van der Waals surface area (Å²) in [7, 11) is 0. The number of pyridine rings is 2. The summed E-state index contributed by atoms with van der Waals surface area (Å²) in [5.74, 6) is 0.401. The van der Waals surface area contributed by atoms with Crippen LogP contribution in [0.3, 0.4) is 0 Å². The van der Waals surface area contributed by atoms with Crippen molar-refractivity contribution in [3.05, 3.63) is 39.3 Å². The van der Waals surface area contributed by atoms with Crippen molar-refractivity contribution in [3.8, 4) is 0 Å². The van der Waals surface area contributed by atoms with E-state index in [4.69, 9.17) is 11.6 Å². The summed E-state index contributed by atoms with van der Waals surface area (Å²) in [6.45, 7) is 3.70. The van der Waals surface area contributed by atoms with Crippen LogP contribution < -0.4 is 5.56 Å². The molecule has 78 valence electrons. The van der Waals surface area contributed by atoms with Gasteiger partial charge in [-0.2, -0.15) is 0 Å². The first-order valence-corrected chi connectivity index (χ1v) is 5.21. The van der Waals surface area contributed by atoms with E-state index in [9.17, 15) is 4.79 Å². The molecule has 15 heavy (non-hydrogen) atoms. The predicted octanol–water partition coefficient (Wildman–Crippen LogP) is 2.28. The average Bonchev–Trinajstić information content (AvgIpc) is 2.25. The predicted molar refractivity (Wildman–Crippen MR) is 61.4 cm³/mol. The van der Waals surface area contributed by atoms with E-state index in [1.54, 1.807) is 13.1 Å². The lowest BCUT2D eigenvalue weighted by atomic mass is 10.1. The Bertz CT molecular complexity index is 575. The molecule has 1 N–H and O–H groups in total.